The zero-order valence-electron chi connectivity index (χ0n) is 11.0. The van der Waals surface area contributed by atoms with E-state index in [-0.39, 0.29) is 13.0 Å². The number of aryl methyl sites for hydroxylation is 1. The average molecular weight is 298 g/mol. The number of ether oxygens (including phenoxy) is 1. The molecule has 1 aromatic heterocycles. The monoisotopic (exact) mass is 298 g/mol. The number of carbonyl (C=O) groups excluding carboxylic acids is 2. The quantitative estimate of drug-likeness (QED) is 0.805. The van der Waals surface area contributed by atoms with E-state index in [2.05, 4.69) is 10.1 Å². The molecule has 1 atom stereocenters. The molecule has 7 nitrogen and oxygen atoms in total. The summed E-state index contributed by atoms with van der Waals surface area (Å²) in [6.45, 7) is 1.94. The Labute approximate surface area is 119 Å². The molecule has 2 N–H and O–H groups in total. The molecule has 8 heteroatoms. The van der Waals surface area contributed by atoms with Gasteiger partial charge in [0.1, 0.15) is 11.0 Å². The molecule has 0 aromatic carbocycles. The molecule has 0 saturated carbocycles. The number of hydrogen-bond donors (Lipinski definition) is 2. The maximum absolute atomic E-state index is 12.1. The minimum atomic E-state index is -1.24. The molecule has 0 fully saturated rings. The van der Waals surface area contributed by atoms with Crippen LogP contribution in [0.4, 0.5) is 9.80 Å². The molecule has 0 saturated heterocycles. The van der Waals surface area contributed by atoms with Gasteiger partial charge in [0.15, 0.2) is 0 Å². The van der Waals surface area contributed by atoms with Crippen molar-refractivity contribution in [2.24, 2.45) is 0 Å². The third-order valence-electron chi connectivity index (χ3n) is 3.02. The maximum Gasteiger partial charge on any atom is 0.408 e. The van der Waals surface area contributed by atoms with E-state index in [4.69, 9.17) is 0 Å². The Bertz CT molecular complexity index is 568. The lowest BCUT2D eigenvalue weighted by Gasteiger charge is -2.24. The van der Waals surface area contributed by atoms with Crippen LogP contribution in [0.3, 0.4) is 0 Å². The Morgan fingerprint density at radius 1 is 1.60 bits per heavy atom. The Morgan fingerprint density at radius 3 is 2.90 bits per heavy atom. The fourth-order valence-corrected chi connectivity index (χ4v) is 2.99. The van der Waals surface area contributed by atoms with Gasteiger partial charge < -0.3 is 15.2 Å². The van der Waals surface area contributed by atoms with E-state index < -0.39 is 24.0 Å². The van der Waals surface area contributed by atoms with Crippen molar-refractivity contribution in [1.82, 2.24) is 4.90 Å². The highest BCUT2D eigenvalue weighted by atomic mass is 32.1. The second-order valence-corrected chi connectivity index (χ2v) is 5.66. The van der Waals surface area contributed by atoms with Crippen LogP contribution in [-0.4, -0.2) is 41.1 Å². The highest BCUT2D eigenvalue weighted by Gasteiger charge is 2.36. The van der Waals surface area contributed by atoms with Crippen LogP contribution in [0.15, 0.2) is 6.07 Å². The third-order valence-corrected chi connectivity index (χ3v) is 4.03. The van der Waals surface area contributed by atoms with E-state index >= 15 is 0 Å². The van der Waals surface area contributed by atoms with Gasteiger partial charge in [-0.2, -0.15) is 0 Å². The molecule has 0 radical (unpaired) electrons. The van der Waals surface area contributed by atoms with Gasteiger partial charge in [-0.05, 0) is 13.0 Å². The molecule has 0 aliphatic carbocycles. The predicted octanol–water partition coefficient (Wildman–Crippen LogP) is 1.42. The molecule has 1 aromatic rings. The van der Waals surface area contributed by atoms with Crippen LogP contribution in [-0.2, 0) is 20.9 Å². The Morgan fingerprint density at radius 2 is 2.30 bits per heavy atom. The lowest BCUT2D eigenvalue weighted by Crippen LogP contribution is -2.46. The third kappa shape index (κ3) is 2.74. The molecule has 1 unspecified atom stereocenters. The molecular weight excluding hydrogens is 284 g/mol. The van der Waals surface area contributed by atoms with E-state index in [1.165, 1.54) is 18.4 Å². The van der Waals surface area contributed by atoms with Crippen molar-refractivity contribution in [1.29, 1.82) is 0 Å². The standard InChI is InChI=1S/C12H14N2O5S/c1-6-3-7-5-14(12(17)18)8(4-9(15)19-2)10(16)13-11(7)20-6/h3,8H,4-5H2,1-2H3,(H,13,16)(H,17,18). The van der Waals surface area contributed by atoms with Crippen LogP contribution in [0.25, 0.3) is 0 Å². The van der Waals surface area contributed by atoms with Crippen molar-refractivity contribution in [2.75, 3.05) is 12.4 Å². The highest BCUT2D eigenvalue weighted by Crippen LogP contribution is 2.32. The minimum Gasteiger partial charge on any atom is -0.469 e. The predicted molar refractivity (Wildman–Crippen MR) is 71.7 cm³/mol. The zero-order chi connectivity index (χ0) is 14.9. The molecule has 2 heterocycles. The second-order valence-electron chi connectivity index (χ2n) is 4.41. The van der Waals surface area contributed by atoms with E-state index in [0.717, 1.165) is 15.3 Å². The number of methoxy groups -OCH3 is 1. The molecule has 1 aliphatic rings. The van der Waals surface area contributed by atoms with Gasteiger partial charge in [0.2, 0.25) is 5.91 Å². The van der Waals surface area contributed by atoms with Gasteiger partial charge in [0, 0.05) is 10.4 Å². The van der Waals surface area contributed by atoms with Gasteiger partial charge in [0.25, 0.3) is 0 Å². The lowest BCUT2D eigenvalue weighted by molar-refractivity contribution is -0.143. The number of nitrogens with one attached hydrogen (secondary N) is 1. The summed E-state index contributed by atoms with van der Waals surface area (Å²) in [6.07, 6.45) is -1.55. The van der Waals surface area contributed by atoms with Gasteiger partial charge in [0.05, 0.1) is 20.1 Å². The summed E-state index contributed by atoms with van der Waals surface area (Å²) in [6, 6.07) is 0.747. The number of hydrogen-bond acceptors (Lipinski definition) is 5. The molecule has 20 heavy (non-hydrogen) atoms. The van der Waals surface area contributed by atoms with Crippen molar-refractivity contribution in [3.63, 3.8) is 0 Å². The second kappa shape index (κ2) is 5.49. The number of carboxylic acid groups (broad SMARTS) is 1. The van der Waals surface area contributed by atoms with Crippen molar-refractivity contribution in [3.05, 3.63) is 16.5 Å². The van der Waals surface area contributed by atoms with Gasteiger partial charge >= 0.3 is 12.1 Å². The van der Waals surface area contributed by atoms with E-state index in [1.807, 2.05) is 13.0 Å². The fourth-order valence-electron chi connectivity index (χ4n) is 2.07. The smallest absolute Gasteiger partial charge is 0.408 e. The van der Waals surface area contributed by atoms with Crippen molar-refractivity contribution < 1.29 is 24.2 Å². The number of anilines is 1. The number of rotatable bonds is 2. The highest BCUT2D eigenvalue weighted by molar-refractivity contribution is 7.16. The maximum atomic E-state index is 12.1. The first-order valence-electron chi connectivity index (χ1n) is 5.89. The Kier molecular flexibility index (Phi) is 3.93. The van der Waals surface area contributed by atoms with Gasteiger partial charge in [-0.1, -0.05) is 0 Å². The number of fused-ring (bicyclic) bond motifs is 1. The van der Waals surface area contributed by atoms with E-state index in [9.17, 15) is 19.5 Å². The van der Waals surface area contributed by atoms with Crippen molar-refractivity contribution in [3.8, 4) is 0 Å². The molecule has 108 valence electrons. The number of carbonyl (C=O) groups is 3. The number of amides is 2. The molecular formula is C12H14N2O5S. The largest absolute Gasteiger partial charge is 0.469 e. The fraction of sp³-hybridized carbons (Fsp3) is 0.417. The lowest BCUT2D eigenvalue weighted by atomic mass is 10.1. The summed E-state index contributed by atoms with van der Waals surface area (Å²) < 4.78 is 4.51. The summed E-state index contributed by atoms with van der Waals surface area (Å²) in [5, 5.41) is 12.6. The van der Waals surface area contributed by atoms with Crippen molar-refractivity contribution >= 4 is 34.3 Å². The van der Waals surface area contributed by atoms with Gasteiger partial charge in [-0.25, -0.2) is 4.79 Å². The van der Waals surface area contributed by atoms with E-state index in [0.29, 0.717) is 5.00 Å². The normalized spacial score (nSPS) is 18.0. The SMILES string of the molecule is COC(=O)CC1C(=O)Nc2sc(C)cc2CN1C(=O)O. The van der Waals surface area contributed by atoms with Gasteiger partial charge in [-0.3, -0.25) is 14.5 Å². The summed E-state index contributed by atoms with van der Waals surface area (Å²) in [4.78, 5) is 36.8. The van der Waals surface area contributed by atoms with Crippen LogP contribution >= 0.6 is 11.3 Å². The van der Waals surface area contributed by atoms with Crippen LogP contribution in [0.5, 0.6) is 0 Å². The summed E-state index contributed by atoms with van der Waals surface area (Å²) >= 11 is 1.38. The number of esters is 1. The summed E-state index contributed by atoms with van der Waals surface area (Å²) in [7, 11) is 1.20. The van der Waals surface area contributed by atoms with Crippen LogP contribution in [0.2, 0.25) is 0 Å². The van der Waals surface area contributed by atoms with Crippen LogP contribution in [0.1, 0.15) is 16.9 Å². The van der Waals surface area contributed by atoms with Crippen LogP contribution in [0, 0.1) is 6.92 Å². The average Bonchev–Trinajstić information content (AvgIpc) is 2.66. The zero-order valence-corrected chi connectivity index (χ0v) is 11.8. The Hall–Kier alpha value is -2.09. The van der Waals surface area contributed by atoms with Crippen molar-refractivity contribution in [2.45, 2.75) is 25.9 Å². The molecule has 2 rings (SSSR count). The number of thiophene rings is 1. The van der Waals surface area contributed by atoms with Gasteiger partial charge in [-0.15, -0.1) is 11.3 Å². The Balaban J connectivity index is 2.33. The summed E-state index contributed by atoms with van der Waals surface area (Å²) in [5.74, 6) is -1.14. The first-order valence-corrected chi connectivity index (χ1v) is 6.70. The minimum absolute atomic E-state index is 0.0649. The first-order chi connectivity index (χ1) is 9.42. The molecule has 1 aliphatic heterocycles. The number of nitrogens with zero attached hydrogens (tertiary/aromatic N) is 1. The topological polar surface area (TPSA) is 95.9 Å². The first kappa shape index (κ1) is 14.3. The molecule has 0 spiro atoms. The van der Waals surface area contributed by atoms with Crippen LogP contribution < -0.4 is 5.32 Å². The summed E-state index contributed by atoms with van der Waals surface area (Å²) in [5.41, 5.74) is 0.732. The molecule has 2 amide bonds. The van der Waals surface area contributed by atoms with E-state index in [1.54, 1.807) is 0 Å². The molecule has 0 bridgehead atoms.